The summed E-state index contributed by atoms with van der Waals surface area (Å²) < 4.78 is 17.7. The quantitative estimate of drug-likeness (QED) is 0.306. The molecule has 0 fully saturated rings. The number of pyridine rings is 1. The molecule has 0 aliphatic heterocycles. The Morgan fingerprint density at radius 2 is 1.68 bits per heavy atom. The van der Waals surface area contributed by atoms with E-state index in [0.29, 0.717) is 27.3 Å². The first-order valence-electron chi connectivity index (χ1n) is 9.35. The molecule has 4 aromatic rings. The number of nitrogens with one attached hydrogen (secondary N) is 2. The number of nitrogens with zero attached hydrogens (tertiary/aromatic N) is 3. The SMILES string of the molecule is CNc1ncc2cc(-c3cc(NSc4cc(Cl)cc(Cl)c4)c(F)cc3C)c(C)nc2n1. The van der Waals surface area contributed by atoms with Crippen molar-refractivity contribution in [3.8, 4) is 11.1 Å². The molecule has 0 radical (unpaired) electrons. The molecule has 0 saturated heterocycles. The highest BCUT2D eigenvalue weighted by Gasteiger charge is 2.14. The van der Waals surface area contributed by atoms with E-state index in [1.807, 2.05) is 19.9 Å². The summed E-state index contributed by atoms with van der Waals surface area (Å²) in [6.07, 6.45) is 1.72. The Morgan fingerprint density at radius 1 is 0.935 bits per heavy atom. The molecule has 0 spiro atoms. The normalized spacial score (nSPS) is 11.0. The van der Waals surface area contributed by atoms with Crippen LogP contribution in [0.3, 0.4) is 0 Å². The maximum atomic E-state index is 14.7. The molecule has 0 aliphatic rings. The number of halogens is 3. The van der Waals surface area contributed by atoms with Crippen molar-refractivity contribution in [2.45, 2.75) is 18.7 Å². The molecule has 0 saturated carbocycles. The van der Waals surface area contributed by atoms with E-state index in [9.17, 15) is 4.39 Å². The Morgan fingerprint density at radius 3 is 2.39 bits per heavy atom. The summed E-state index contributed by atoms with van der Waals surface area (Å²) >= 11 is 13.3. The maximum Gasteiger partial charge on any atom is 0.224 e. The second-order valence-electron chi connectivity index (χ2n) is 6.93. The fraction of sp³-hybridized carbons (Fsp3) is 0.136. The summed E-state index contributed by atoms with van der Waals surface area (Å²) in [6, 6.07) is 10.4. The number of hydrogen-bond acceptors (Lipinski definition) is 6. The molecule has 5 nitrogen and oxygen atoms in total. The molecule has 0 unspecified atom stereocenters. The first kappa shape index (κ1) is 21.6. The number of aryl methyl sites for hydroxylation is 2. The molecular weight excluding hydrogens is 456 g/mol. The van der Waals surface area contributed by atoms with E-state index in [1.165, 1.54) is 18.0 Å². The Bertz CT molecular complexity index is 1280. The minimum absolute atomic E-state index is 0.350. The zero-order valence-corrected chi connectivity index (χ0v) is 19.3. The predicted octanol–water partition coefficient (Wildman–Crippen LogP) is 6.92. The first-order chi connectivity index (χ1) is 14.8. The van der Waals surface area contributed by atoms with Gasteiger partial charge in [-0.1, -0.05) is 23.2 Å². The lowest BCUT2D eigenvalue weighted by Gasteiger charge is -2.14. The van der Waals surface area contributed by atoms with Gasteiger partial charge in [-0.15, -0.1) is 0 Å². The van der Waals surface area contributed by atoms with Gasteiger partial charge in [0.25, 0.3) is 0 Å². The average Bonchev–Trinajstić information content (AvgIpc) is 2.72. The Kier molecular flexibility index (Phi) is 6.18. The maximum absolute atomic E-state index is 14.7. The van der Waals surface area contributed by atoms with Crippen LogP contribution in [-0.4, -0.2) is 22.0 Å². The smallest absolute Gasteiger partial charge is 0.224 e. The van der Waals surface area contributed by atoms with Gasteiger partial charge in [0.05, 0.1) is 5.69 Å². The van der Waals surface area contributed by atoms with E-state index in [-0.39, 0.29) is 5.82 Å². The van der Waals surface area contributed by atoms with Crippen LogP contribution in [0, 0.1) is 19.7 Å². The molecule has 2 heterocycles. The number of fused-ring (bicyclic) bond motifs is 1. The minimum Gasteiger partial charge on any atom is -0.357 e. The van der Waals surface area contributed by atoms with Gasteiger partial charge < -0.3 is 10.0 Å². The van der Waals surface area contributed by atoms with Crippen molar-refractivity contribution in [1.29, 1.82) is 0 Å². The molecule has 158 valence electrons. The van der Waals surface area contributed by atoms with E-state index >= 15 is 0 Å². The van der Waals surface area contributed by atoms with Gasteiger partial charge in [0.15, 0.2) is 5.65 Å². The van der Waals surface area contributed by atoms with Gasteiger partial charge in [-0.3, -0.25) is 0 Å². The number of anilines is 2. The molecule has 0 aliphatic carbocycles. The Labute approximate surface area is 193 Å². The second-order valence-corrected chi connectivity index (χ2v) is 8.69. The zero-order chi connectivity index (χ0) is 22.1. The summed E-state index contributed by atoms with van der Waals surface area (Å²) in [4.78, 5) is 14.1. The average molecular weight is 474 g/mol. The van der Waals surface area contributed by atoms with Crippen LogP contribution >= 0.6 is 35.1 Å². The van der Waals surface area contributed by atoms with Gasteiger partial charge in [0, 0.05) is 44.8 Å². The summed E-state index contributed by atoms with van der Waals surface area (Å²) in [5, 5.41) is 4.75. The van der Waals surface area contributed by atoms with Crippen LogP contribution in [0.1, 0.15) is 11.3 Å². The van der Waals surface area contributed by atoms with Crippen LogP contribution in [0.15, 0.2) is 47.5 Å². The Balaban J connectivity index is 1.71. The summed E-state index contributed by atoms with van der Waals surface area (Å²) in [6.45, 7) is 3.78. The molecule has 0 bridgehead atoms. The molecule has 2 aromatic carbocycles. The van der Waals surface area contributed by atoms with E-state index in [4.69, 9.17) is 23.2 Å². The first-order valence-corrected chi connectivity index (χ1v) is 10.9. The van der Waals surface area contributed by atoms with Crippen LogP contribution in [0.4, 0.5) is 16.0 Å². The second kappa shape index (κ2) is 8.86. The number of aromatic nitrogens is 3. The van der Waals surface area contributed by atoms with Gasteiger partial charge in [-0.25, -0.2) is 14.4 Å². The van der Waals surface area contributed by atoms with Gasteiger partial charge in [-0.2, -0.15) is 4.98 Å². The monoisotopic (exact) mass is 473 g/mol. The highest BCUT2D eigenvalue weighted by atomic mass is 35.5. The van der Waals surface area contributed by atoms with E-state index in [1.54, 1.807) is 37.5 Å². The summed E-state index contributed by atoms with van der Waals surface area (Å²) in [5.41, 5.74) is 4.32. The van der Waals surface area contributed by atoms with Crippen LogP contribution in [-0.2, 0) is 0 Å². The van der Waals surface area contributed by atoms with E-state index < -0.39 is 0 Å². The molecule has 0 atom stereocenters. The van der Waals surface area contributed by atoms with Crippen molar-refractivity contribution in [3.05, 3.63) is 69.7 Å². The molecular formula is C22H18Cl2FN5S. The lowest BCUT2D eigenvalue weighted by molar-refractivity contribution is 0.631. The van der Waals surface area contributed by atoms with Gasteiger partial charge in [0.1, 0.15) is 5.82 Å². The van der Waals surface area contributed by atoms with Crippen molar-refractivity contribution in [2.75, 3.05) is 17.1 Å². The fourth-order valence-corrected chi connectivity index (χ4v) is 4.60. The molecule has 2 aromatic heterocycles. The molecule has 9 heteroatoms. The third kappa shape index (κ3) is 4.69. The van der Waals surface area contributed by atoms with Crippen molar-refractivity contribution >= 4 is 57.8 Å². The van der Waals surface area contributed by atoms with Crippen LogP contribution in [0.25, 0.3) is 22.2 Å². The van der Waals surface area contributed by atoms with Crippen LogP contribution < -0.4 is 10.0 Å². The molecule has 4 rings (SSSR count). The predicted molar refractivity (Wildman–Crippen MR) is 128 cm³/mol. The number of benzene rings is 2. The van der Waals surface area contributed by atoms with Crippen LogP contribution in [0.5, 0.6) is 0 Å². The number of hydrogen-bond donors (Lipinski definition) is 2. The highest BCUT2D eigenvalue weighted by Crippen LogP contribution is 2.34. The van der Waals surface area contributed by atoms with Gasteiger partial charge >= 0.3 is 0 Å². The van der Waals surface area contributed by atoms with E-state index in [0.717, 1.165) is 32.7 Å². The summed E-state index contributed by atoms with van der Waals surface area (Å²) in [7, 11) is 1.76. The Hall–Kier alpha value is -2.61. The van der Waals surface area contributed by atoms with Crippen LogP contribution in [0.2, 0.25) is 10.0 Å². The largest absolute Gasteiger partial charge is 0.357 e. The molecule has 0 amide bonds. The van der Waals surface area contributed by atoms with E-state index in [2.05, 4.69) is 25.0 Å². The van der Waals surface area contributed by atoms with Crippen molar-refractivity contribution in [1.82, 2.24) is 15.0 Å². The topological polar surface area (TPSA) is 62.7 Å². The molecule has 31 heavy (non-hydrogen) atoms. The van der Waals surface area contributed by atoms with Crippen molar-refractivity contribution < 1.29 is 4.39 Å². The standard InChI is InChI=1S/C22H18Cl2FN5S/c1-11-4-19(25)20(30-31-16-7-14(23)6-15(24)8-16)9-17(11)18-5-13-10-27-22(26-3)29-21(13)28-12(18)2/h4-10,30H,1-3H3,(H,26,27,28,29). The summed E-state index contributed by atoms with van der Waals surface area (Å²) in [5.74, 6) is 0.157. The number of rotatable bonds is 5. The molecule has 2 N–H and O–H groups in total. The van der Waals surface area contributed by atoms with Gasteiger partial charge in [0.2, 0.25) is 5.95 Å². The van der Waals surface area contributed by atoms with Gasteiger partial charge in [-0.05, 0) is 73.3 Å². The fourth-order valence-electron chi connectivity index (χ4n) is 3.19. The third-order valence-corrected chi connectivity index (χ3v) is 5.93. The zero-order valence-electron chi connectivity index (χ0n) is 16.9. The lowest BCUT2D eigenvalue weighted by Crippen LogP contribution is -2.00. The van der Waals surface area contributed by atoms with Crippen molar-refractivity contribution in [3.63, 3.8) is 0 Å². The van der Waals surface area contributed by atoms with Crippen molar-refractivity contribution in [2.24, 2.45) is 0 Å². The minimum atomic E-state index is -0.352. The lowest BCUT2D eigenvalue weighted by atomic mass is 9.98. The highest BCUT2D eigenvalue weighted by molar-refractivity contribution is 8.00. The third-order valence-electron chi connectivity index (χ3n) is 4.70.